The van der Waals surface area contributed by atoms with Crippen molar-refractivity contribution >= 4 is 39.1 Å². The summed E-state index contributed by atoms with van der Waals surface area (Å²) in [5.41, 5.74) is 4.13. The fraction of sp³-hybridized carbons (Fsp3) is 0.255. The van der Waals surface area contributed by atoms with E-state index >= 15 is 0 Å². The van der Waals surface area contributed by atoms with E-state index < -0.39 is 0 Å². The van der Waals surface area contributed by atoms with Crippen LogP contribution in [0.4, 0.5) is 0 Å². The summed E-state index contributed by atoms with van der Waals surface area (Å²) < 4.78 is 37.6. The third-order valence-corrected chi connectivity index (χ3v) is 10.4. The third-order valence-electron chi connectivity index (χ3n) is 10.1. The van der Waals surface area contributed by atoms with Crippen molar-refractivity contribution in [1.82, 2.24) is 24.8 Å². The number of amides is 1. The number of H-pyrrole nitrogens is 1. The molecular formula is C47H46ClN5O9. The van der Waals surface area contributed by atoms with Gasteiger partial charge in [-0.2, -0.15) is 0 Å². The van der Waals surface area contributed by atoms with E-state index in [1.165, 1.54) is 0 Å². The maximum atomic E-state index is 12.3. The van der Waals surface area contributed by atoms with Gasteiger partial charge in [0.2, 0.25) is 0 Å². The summed E-state index contributed by atoms with van der Waals surface area (Å²) in [4.78, 5) is 42.4. The second-order valence-electron chi connectivity index (χ2n) is 13.9. The molecule has 2 aliphatic heterocycles. The SMILES string of the molecule is CCN(CC)C(=O)c1ccc(OC)cc1C.COc1ccc2c(=O)[nH]c(-c3ccc4c(n3)OCCO4)cc2c1.COc1ccc2c(Cl)nc(-c3ccc4c(n3)OCCO4)cc2c1. The van der Waals surface area contributed by atoms with Gasteiger partial charge in [-0.3, -0.25) is 9.59 Å². The molecule has 0 aliphatic carbocycles. The average molecular weight is 860 g/mol. The van der Waals surface area contributed by atoms with Crippen molar-refractivity contribution in [2.75, 3.05) is 60.8 Å². The molecule has 2 aliphatic rings. The van der Waals surface area contributed by atoms with Gasteiger partial charge in [0, 0.05) is 29.4 Å². The fourth-order valence-corrected chi connectivity index (χ4v) is 7.07. The normalized spacial score (nSPS) is 12.3. The molecule has 0 saturated carbocycles. The van der Waals surface area contributed by atoms with Crippen LogP contribution in [0.2, 0.25) is 5.15 Å². The zero-order chi connectivity index (χ0) is 43.8. The van der Waals surface area contributed by atoms with Crippen molar-refractivity contribution in [3.05, 3.63) is 118 Å². The van der Waals surface area contributed by atoms with E-state index in [0.29, 0.717) is 88.8 Å². The molecule has 15 heteroatoms. The highest BCUT2D eigenvalue weighted by Gasteiger charge is 2.18. The largest absolute Gasteiger partial charge is 0.497 e. The third kappa shape index (κ3) is 9.60. The number of nitrogens with one attached hydrogen (secondary N) is 1. The molecule has 0 unspecified atom stereocenters. The van der Waals surface area contributed by atoms with Crippen molar-refractivity contribution in [3.8, 4) is 63.3 Å². The van der Waals surface area contributed by atoms with Crippen LogP contribution in [0.1, 0.15) is 29.8 Å². The Bertz CT molecular complexity index is 2790. The van der Waals surface area contributed by atoms with Crippen LogP contribution in [-0.4, -0.2) is 91.6 Å². The molecule has 62 heavy (non-hydrogen) atoms. The first-order valence-corrected chi connectivity index (χ1v) is 20.3. The molecule has 0 fully saturated rings. The summed E-state index contributed by atoms with van der Waals surface area (Å²) in [6.45, 7) is 9.39. The van der Waals surface area contributed by atoms with E-state index in [-0.39, 0.29) is 11.5 Å². The van der Waals surface area contributed by atoms with Crippen LogP contribution in [0.3, 0.4) is 0 Å². The molecule has 0 saturated heterocycles. The van der Waals surface area contributed by atoms with E-state index in [9.17, 15) is 9.59 Å². The van der Waals surface area contributed by atoms with Crippen molar-refractivity contribution < 1.29 is 38.0 Å². The number of aromatic amines is 1. The molecule has 320 valence electrons. The van der Waals surface area contributed by atoms with Crippen molar-refractivity contribution in [2.45, 2.75) is 20.8 Å². The number of hydrogen-bond acceptors (Lipinski definition) is 12. The van der Waals surface area contributed by atoms with Crippen LogP contribution < -0.4 is 38.7 Å². The number of methoxy groups -OCH3 is 3. The number of carbonyl (C=O) groups excluding carboxylic acids is 1. The predicted molar refractivity (Wildman–Crippen MR) is 238 cm³/mol. The number of aromatic nitrogens is 4. The van der Waals surface area contributed by atoms with Crippen LogP contribution in [0, 0.1) is 6.92 Å². The summed E-state index contributed by atoms with van der Waals surface area (Å²) in [7, 11) is 4.85. The molecule has 7 aromatic rings. The Morgan fingerprint density at radius 1 is 0.645 bits per heavy atom. The first-order chi connectivity index (χ1) is 30.1. The highest BCUT2D eigenvalue weighted by Crippen LogP contribution is 2.34. The molecule has 1 N–H and O–H groups in total. The lowest BCUT2D eigenvalue weighted by molar-refractivity contribution is 0.0772. The van der Waals surface area contributed by atoms with Gasteiger partial charge in [-0.1, -0.05) is 11.6 Å². The summed E-state index contributed by atoms with van der Waals surface area (Å²) in [6.07, 6.45) is 0. The molecule has 9 rings (SSSR count). The number of fused-ring (bicyclic) bond motifs is 4. The van der Waals surface area contributed by atoms with E-state index in [2.05, 4.69) is 19.9 Å². The minimum Gasteiger partial charge on any atom is -0.497 e. The topological polar surface area (TPSA) is 156 Å². The van der Waals surface area contributed by atoms with Gasteiger partial charge in [0.25, 0.3) is 23.2 Å². The Hall–Kier alpha value is -7.06. The monoisotopic (exact) mass is 859 g/mol. The van der Waals surface area contributed by atoms with E-state index in [1.807, 2.05) is 92.4 Å². The molecule has 3 aromatic carbocycles. The maximum absolute atomic E-state index is 12.3. The second kappa shape index (κ2) is 19.5. The number of nitrogens with zero attached hydrogens (tertiary/aromatic N) is 4. The molecule has 0 atom stereocenters. The number of carbonyl (C=O) groups is 1. The predicted octanol–water partition coefficient (Wildman–Crippen LogP) is 8.59. The second-order valence-corrected chi connectivity index (χ2v) is 14.3. The summed E-state index contributed by atoms with van der Waals surface area (Å²) in [5, 5.41) is 3.63. The number of aryl methyl sites for hydroxylation is 1. The highest BCUT2D eigenvalue weighted by atomic mass is 35.5. The van der Waals surface area contributed by atoms with Crippen molar-refractivity contribution in [3.63, 3.8) is 0 Å². The van der Waals surface area contributed by atoms with Gasteiger partial charge >= 0.3 is 0 Å². The molecule has 0 bridgehead atoms. The Kier molecular flexibility index (Phi) is 13.6. The van der Waals surface area contributed by atoms with Crippen molar-refractivity contribution in [2.24, 2.45) is 0 Å². The number of ether oxygens (including phenoxy) is 7. The summed E-state index contributed by atoms with van der Waals surface area (Å²) in [6, 6.07) is 27.6. The van der Waals surface area contributed by atoms with Crippen LogP contribution in [0.25, 0.3) is 44.3 Å². The van der Waals surface area contributed by atoms with Crippen LogP contribution in [0.5, 0.6) is 40.5 Å². The lowest BCUT2D eigenvalue weighted by Crippen LogP contribution is -2.30. The van der Waals surface area contributed by atoms with Crippen LogP contribution >= 0.6 is 11.6 Å². The van der Waals surface area contributed by atoms with Crippen molar-refractivity contribution in [1.29, 1.82) is 0 Å². The minimum absolute atomic E-state index is 0.0881. The molecule has 1 amide bonds. The molecular weight excluding hydrogens is 814 g/mol. The van der Waals surface area contributed by atoms with Gasteiger partial charge in [-0.05, 0) is 128 Å². The van der Waals surface area contributed by atoms with Gasteiger partial charge in [0.15, 0.2) is 11.5 Å². The Morgan fingerprint density at radius 3 is 1.77 bits per heavy atom. The van der Waals surface area contributed by atoms with Gasteiger partial charge in [-0.15, -0.1) is 0 Å². The number of rotatable bonds is 8. The Balaban J connectivity index is 0.000000143. The molecule has 4 aromatic heterocycles. The summed E-state index contributed by atoms with van der Waals surface area (Å²) in [5.74, 6) is 4.53. The number of benzene rings is 3. The lowest BCUT2D eigenvalue weighted by atomic mass is 10.1. The number of halogens is 1. The minimum atomic E-state index is -0.170. The van der Waals surface area contributed by atoms with Crippen LogP contribution in [0.15, 0.2) is 95.8 Å². The van der Waals surface area contributed by atoms with E-state index in [4.69, 9.17) is 44.8 Å². The summed E-state index contributed by atoms with van der Waals surface area (Å²) >= 11 is 6.32. The zero-order valence-corrected chi connectivity index (χ0v) is 36.0. The standard InChI is InChI=1S/C17H13ClN2O3.C17H14N2O4.C13H19NO2/c1-21-11-2-3-12-10(8-11)9-14(19-16(12)18)13-4-5-15-17(20-13)23-7-6-22-15;1-21-11-2-3-12-10(8-11)9-14(18-16(12)20)13-4-5-15-17(19-13)23-7-6-22-15;1-5-14(6-2)13(15)12-8-7-11(16-4)9-10(12)3/h2-5,8-9H,6-7H2,1H3;2-5,8-9H,6-7H2,1H3,(H,18,20);7-9H,5-6H2,1-4H3. The van der Waals surface area contributed by atoms with Gasteiger partial charge in [0.1, 0.15) is 48.8 Å². The fourth-order valence-electron chi connectivity index (χ4n) is 6.80. The van der Waals surface area contributed by atoms with Crippen LogP contribution in [-0.2, 0) is 0 Å². The molecule has 0 spiro atoms. The first-order valence-electron chi connectivity index (χ1n) is 20.0. The molecule has 6 heterocycles. The molecule has 14 nitrogen and oxygen atoms in total. The highest BCUT2D eigenvalue weighted by molar-refractivity contribution is 6.34. The van der Waals surface area contributed by atoms with E-state index in [0.717, 1.165) is 51.9 Å². The molecule has 0 radical (unpaired) electrons. The average Bonchev–Trinajstić information content (AvgIpc) is 3.31. The Labute approximate surface area is 363 Å². The van der Waals surface area contributed by atoms with E-state index in [1.54, 1.807) is 45.6 Å². The quantitative estimate of drug-likeness (QED) is 0.146. The zero-order valence-electron chi connectivity index (χ0n) is 35.2. The van der Waals surface area contributed by atoms with Gasteiger partial charge in [0.05, 0.1) is 44.1 Å². The number of hydrogen-bond donors (Lipinski definition) is 1. The first kappa shape index (κ1) is 43.0. The Morgan fingerprint density at radius 2 is 1.18 bits per heavy atom. The maximum Gasteiger partial charge on any atom is 0.257 e. The lowest BCUT2D eigenvalue weighted by Gasteiger charge is -2.19. The van der Waals surface area contributed by atoms with Gasteiger partial charge in [-0.25, -0.2) is 15.0 Å². The van der Waals surface area contributed by atoms with Gasteiger partial charge < -0.3 is 43.0 Å². The smallest absolute Gasteiger partial charge is 0.257 e. The number of pyridine rings is 4.